The van der Waals surface area contributed by atoms with Gasteiger partial charge in [0.25, 0.3) is 0 Å². The third-order valence-electron chi connectivity index (χ3n) is 5.28. The molecule has 0 aromatic heterocycles. The lowest BCUT2D eigenvalue weighted by Crippen LogP contribution is -2.06. The van der Waals surface area contributed by atoms with Crippen LogP contribution in [0.3, 0.4) is 0 Å². The summed E-state index contributed by atoms with van der Waals surface area (Å²) in [4.78, 5) is 0. The summed E-state index contributed by atoms with van der Waals surface area (Å²) in [7, 11) is 0. The van der Waals surface area contributed by atoms with E-state index in [1.54, 1.807) is 0 Å². The lowest BCUT2D eigenvalue weighted by Gasteiger charge is -2.12. The van der Waals surface area contributed by atoms with Crippen LogP contribution in [0.5, 0.6) is 0 Å². The first-order chi connectivity index (χ1) is 15.2. The molecule has 3 aromatic rings. The van der Waals surface area contributed by atoms with Gasteiger partial charge >= 0.3 is 0 Å². The third-order valence-corrected chi connectivity index (χ3v) is 6.32. The maximum Gasteiger partial charge on any atom is 0.102 e. The summed E-state index contributed by atoms with van der Waals surface area (Å²) in [6.45, 7) is 3.53. The van der Waals surface area contributed by atoms with Gasteiger partial charge in [-0.1, -0.05) is 49.0 Å². The van der Waals surface area contributed by atoms with E-state index < -0.39 is 0 Å². The zero-order valence-electron chi connectivity index (χ0n) is 16.8. The molecular weight excluding hydrogens is 404 g/mol. The highest BCUT2D eigenvalue weighted by Crippen LogP contribution is 2.30. The molecule has 0 radical (unpaired) electrons. The highest BCUT2D eigenvalue weighted by molar-refractivity contribution is 8.14. The fourth-order valence-corrected chi connectivity index (χ4v) is 4.38. The summed E-state index contributed by atoms with van der Waals surface area (Å²) in [5.41, 5.74) is 5.36. The Kier molecular flexibility index (Phi) is 5.22. The monoisotopic (exact) mass is 424 g/mol. The summed E-state index contributed by atoms with van der Waals surface area (Å²) < 4.78 is 0. The molecule has 0 bridgehead atoms. The fraction of sp³-hybridized carbons (Fsp3) is 0.120. The molecular formula is C25H20N4OS. The topological polar surface area (TPSA) is 69.7 Å². The predicted octanol–water partition coefficient (Wildman–Crippen LogP) is 5.97. The van der Waals surface area contributed by atoms with Gasteiger partial charge in [0, 0.05) is 18.9 Å². The first-order valence-corrected chi connectivity index (χ1v) is 11.0. The van der Waals surface area contributed by atoms with Crippen LogP contribution in [0.15, 0.2) is 93.4 Å². The van der Waals surface area contributed by atoms with Gasteiger partial charge < -0.3 is 5.11 Å². The van der Waals surface area contributed by atoms with Crippen LogP contribution in [0.2, 0.25) is 0 Å². The van der Waals surface area contributed by atoms with Gasteiger partial charge in [0.15, 0.2) is 0 Å². The summed E-state index contributed by atoms with van der Waals surface area (Å²) in [5.74, 6) is 0.620. The number of aliphatic hydroxyl groups excluding tert-OH is 1. The minimum atomic E-state index is 0.0497. The molecule has 6 heteroatoms. The lowest BCUT2D eigenvalue weighted by molar-refractivity contribution is 0.420. The molecule has 0 amide bonds. The smallest absolute Gasteiger partial charge is 0.102 e. The Hall–Kier alpha value is -3.51. The van der Waals surface area contributed by atoms with E-state index in [4.69, 9.17) is 0 Å². The Morgan fingerprint density at radius 1 is 0.903 bits per heavy atom. The third kappa shape index (κ3) is 4.20. The molecule has 2 heterocycles. The van der Waals surface area contributed by atoms with Gasteiger partial charge in [-0.05, 0) is 51.2 Å². The van der Waals surface area contributed by atoms with Crippen molar-refractivity contribution in [2.24, 2.45) is 20.4 Å². The fourth-order valence-electron chi connectivity index (χ4n) is 3.71. The van der Waals surface area contributed by atoms with Crippen LogP contribution in [-0.4, -0.2) is 34.0 Å². The zero-order chi connectivity index (χ0) is 21.2. The number of nitrogens with zero attached hydrogens (tertiary/aromatic N) is 4. The Morgan fingerprint density at radius 2 is 1.68 bits per heavy atom. The van der Waals surface area contributed by atoms with E-state index in [9.17, 15) is 5.11 Å². The van der Waals surface area contributed by atoms with Crippen LogP contribution in [0.1, 0.15) is 23.5 Å². The van der Waals surface area contributed by atoms with E-state index in [0.717, 1.165) is 33.0 Å². The standard InChI is InChI=1S/C25H20N4OS/c1-16(30)15-31-25-12-24(28-29-25)22-10-20(9-21(11-22)23-13-26-27-14-23)19-7-6-17-4-2-3-5-18(17)8-19/h2-11,13-14,23,30H,1,12,15H2. The van der Waals surface area contributed by atoms with Crippen LogP contribution in [0.4, 0.5) is 0 Å². The molecule has 0 unspecified atom stereocenters. The van der Waals surface area contributed by atoms with Crippen LogP contribution in [-0.2, 0) is 0 Å². The number of thioether (sulfide) groups is 1. The van der Waals surface area contributed by atoms with Gasteiger partial charge in [-0.3, -0.25) is 0 Å². The Labute approximate surface area is 184 Å². The average molecular weight is 425 g/mol. The Morgan fingerprint density at radius 3 is 2.48 bits per heavy atom. The van der Waals surface area contributed by atoms with E-state index in [2.05, 4.69) is 87.6 Å². The van der Waals surface area contributed by atoms with Crippen LogP contribution < -0.4 is 0 Å². The minimum Gasteiger partial charge on any atom is -0.512 e. The van der Waals surface area contributed by atoms with E-state index in [0.29, 0.717) is 12.2 Å². The number of rotatable bonds is 5. The number of fused-ring (bicyclic) bond motifs is 1. The second-order valence-electron chi connectivity index (χ2n) is 7.53. The van der Waals surface area contributed by atoms with Gasteiger partial charge in [-0.2, -0.15) is 15.3 Å². The molecule has 2 aliphatic heterocycles. The SMILES string of the molecule is C=C(O)CSC1=NN=C(c2cc(-c3ccc4ccccc4c3)cc(C3C=NN=C3)c2)C1. The molecule has 31 heavy (non-hydrogen) atoms. The van der Waals surface area contributed by atoms with E-state index in [1.807, 2.05) is 12.4 Å². The van der Waals surface area contributed by atoms with E-state index >= 15 is 0 Å². The zero-order valence-corrected chi connectivity index (χ0v) is 17.6. The summed E-state index contributed by atoms with van der Waals surface area (Å²) in [6.07, 6.45) is 4.35. The van der Waals surface area contributed by atoms with Crippen LogP contribution in [0, 0.1) is 0 Å². The van der Waals surface area contributed by atoms with E-state index in [1.165, 1.54) is 22.5 Å². The van der Waals surface area contributed by atoms with Crippen molar-refractivity contribution in [1.82, 2.24) is 0 Å². The molecule has 5 nitrogen and oxygen atoms in total. The Balaban J connectivity index is 1.51. The largest absolute Gasteiger partial charge is 0.512 e. The van der Waals surface area contributed by atoms with Crippen LogP contribution >= 0.6 is 11.8 Å². The van der Waals surface area contributed by atoms with Gasteiger partial charge in [0.05, 0.1) is 23.1 Å². The maximum absolute atomic E-state index is 9.36. The van der Waals surface area contributed by atoms with Crippen LogP contribution in [0.25, 0.3) is 21.9 Å². The molecule has 0 saturated heterocycles. The van der Waals surface area contributed by atoms with Crippen molar-refractivity contribution in [3.63, 3.8) is 0 Å². The van der Waals surface area contributed by atoms with Gasteiger partial charge in [0.2, 0.25) is 0 Å². The van der Waals surface area contributed by atoms with E-state index in [-0.39, 0.29) is 11.7 Å². The first kappa shape index (κ1) is 19.5. The lowest BCUT2D eigenvalue weighted by atomic mass is 9.91. The summed E-state index contributed by atoms with van der Waals surface area (Å²) in [5, 5.41) is 29.4. The predicted molar refractivity (Wildman–Crippen MR) is 132 cm³/mol. The molecule has 5 rings (SSSR count). The molecule has 0 spiro atoms. The molecule has 0 saturated carbocycles. The number of aliphatic hydroxyl groups is 1. The van der Waals surface area contributed by atoms with Gasteiger partial charge in [0.1, 0.15) is 5.04 Å². The Bertz CT molecular complexity index is 1290. The summed E-state index contributed by atoms with van der Waals surface area (Å²) >= 11 is 1.47. The molecule has 0 atom stereocenters. The summed E-state index contributed by atoms with van der Waals surface area (Å²) in [6, 6.07) is 21.4. The van der Waals surface area contributed by atoms with Crippen molar-refractivity contribution in [1.29, 1.82) is 0 Å². The average Bonchev–Trinajstić information content (AvgIpc) is 3.49. The minimum absolute atomic E-state index is 0.0497. The number of benzene rings is 3. The van der Waals surface area contributed by atoms with Crippen molar-refractivity contribution in [3.05, 3.63) is 84.1 Å². The second-order valence-corrected chi connectivity index (χ2v) is 8.58. The highest BCUT2D eigenvalue weighted by Gasteiger charge is 2.19. The van der Waals surface area contributed by atoms with Gasteiger partial charge in [-0.15, -0.1) is 16.9 Å². The molecule has 0 aliphatic carbocycles. The van der Waals surface area contributed by atoms with Crippen molar-refractivity contribution >= 4 is 45.7 Å². The molecule has 0 fully saturated rings. The molecule has 3 aromatic carbocycles. The van der Waals surface area contributed by atoms with Crippen molar-refractivity contribution < 1.29 is 5.11 Å². The molecule has 1 N–H and O–H groups in total. The van der Waals surface area contributed by atoms with Gasteiger partial charge in [-0.25, -0.2) is 0 Å². The number of hydrogen-bond donors (Lipinski definition) is 1. The highest BCUT2D eigenvalue weighted by atomic mass is 32.2. The number of hydrogen-bond acceptors (Lipinski definition) is 6. The quantitative estimate of drug-likeness (QED) is 0.513. The maximum atomic E-state index is 9.36. The van der Waals surface area contributed by atoms with Crippen molar-refractivity contribution in [2.45, 2.75) is 12.3 Å². The van der Waals surface area contributed by atoms with Crippen molar-refractivity contribution in [2.75, 3.05) is 5.75 Å². The molecule has 2 aliphatic rings. The molecule has 152 valence electrons. The second kappa shape index (κ2) is 8.32. The first-order valence-electron chi connectivity index (χ1n) is 10.00. The normalized spacial score (nSPS) is 15.5. The van der Waals surface area contributed by atoms with Crippen molar-refractivity contribution in [3.8, 4) is 11.1 Å².